The van der Waals surface area contributed by atoms with Crippen LogP contribution in [-0.2, 0) is 10.0 Å². The number of amides is 2. The molecule has 0 spiro atoms. The summed E-state index contributed by atoms with van der Waals surface area (Å²) in [4.78, 5) is 23.9. The average Bonchev–Trinajstić information content (AvgIpc) is 2.66. The van der Waals surface area contributed by atoms with Crippen LogP contribution in [0.25, 0.3) is 0 Å². The molecule has 8 heteroatoms. The van der Waals surface area contributed by atoms with Crippen molar-refractivity contribution >= 4 is 27.5 Å². The summed E-state index contributed by atoms with van der Waals surface area (Å²) < 4.78 is 26.1. The lowest BCUT2D eigenvalue weighted by atomic mass is 10.1. The maximum Gasteiger partial charge on any atom is 0.255 e. The van der Waals surface area contributed by atoms with Crippen molar-refractivity contribution in [2.45, 2.75) is 4.90 Å². The lowest BCUT2D eigenvalue weighted by Gasteiger charge is -2.08. The molecule has 0 aliphatic heterocycles. The Morgan fingerprint density at radius 2 is 1.73 bits per heavy atom. The van der Waals surface area contributed by atoms with Crippen LogP contribution in [0.5, 0.6) is 0 Å². The number of rotatable bonds is 6. The Labute approximate surface area is 151 Å². The third kappa shape index (κ3) is 4.69. The molecule has 2 amide bonds. The van der Waals surface area contributed by atoms with Crippen LogP contribution in [0.4, 0.5) is 5.69 Å². The minimum atomic E-state index is -3.71. The van der Waals surface area contributed by atoms with E-state index in [4.69, 9.17) is 6.42 Å². The van der Waals surface area contributed by atoms with Crippen molar-refractivity contribution in [3.05, 3.63) is 59.7 Å². The molecule has 0 saturated heterocycles. The Balaban J connectivity index is 2.14. The highest BCUT2D eigenvalue weighted by atomic mass is 32.2. The molecule has 7 nitrogen and oxygen atoms in total. The molecule has 0 bridgehead atoms. The van der Waals surface area contributed by atoms with Gasteiger partial charge in [-0.25, -0.2) is 8.42 Å². The molecular formula is C18H17N3O4S. The van der Waals surface area contributed by atoms with Gasteiger partial charge in [-0.05, 0) is 42.5 Å². The number of sulfonamides is 1. The zero-order chi connectivity index (χ0) is 19.2. The fourth-order valence-corrected chi connectivity index (χ4v) is 3.03. The molecule has 0 aromatic heterocycles. The maximum absolute atomic E-state index is 12.3. The average molecular weight is 371 g/mol. The Morgan fingerprint density at radius 3 is 2.35 bits per heavy atom. The van der Waals surface area contributed by atoms with E-state index in [2.05, 4.69) is 21.3 Å². The summed E-state index contributed by atoms with van der Waals surface area (Å²) in [5.41, 5.74) is 1.13. The normalized spacial score (nSPS) is 10.6. The largest absolute Gasteiger partial charge is 0.355 e. The molecule has 0 heterocycles. The Kier molecular flexibility index (Phi) is 6.11. The summed E-state index contributed by atoms with van der Waals surface area (Å²) in [6.07, 6.45) is 5.03. The van der Waals surface area contributed by atoms with Crippen LogP contribution in [-0.4, -0.2) is 33.8 Å². The first-order chi connectivity index (χ1) is 12.4. The number of nitrogens with one attached hydrogen (secondary N) is 3. The molecule has 0 aliphatic rings. The fourth-order valence-electron chi connectivity index (χ4n) is 2.09. The minimum absolute atomic E-state index is 0.00548. The second-order valence-electron chi connectivity index (χ2n) is 5.17. The predicted octanol–water partition coefficient (Wildman–Crippen LogP) is 1.21. The van der Waals surface area contributed by atoms with Crippen molar-refractivity contribution in [2.24, 2.45) is 0 Å². The van der Waals surface area contributed by atoms with Crippen molar-refractivity contribution in [1.29, 1.82) is 0 Å². The minimum Gasteiger partial charge on any atom is -0.355 e. The first kappa shape index (κ1) is 19.2. The van der Waals surface area contributed by atoms with Gasteiger partial charge in [0.15, 0.2) is 0 Å². The predicted molar refractivity (Wildman–Crippen MR) is 98.2 cm³/mol. The smallest absolute Gasteiger partial charge is 0.255 e. The van der Waals surface area contributed by atoms with Crippen LogP contribution in [0.15, 0.2) is 53.4 Å². The van der Waals surface area contributed by atoms with Crippen molar-refractivity contribution < 1.29 is 18.0 Å². The summed E-state index contributed by atoms with van der Waals surface area (Å²) in [5, 5.41) is 5.16. The third-order valence-electron chi connectivity index (χ3n) is 3.40. The highest BCUT2D eigenvalue weighted by Gasteiger charge is 2.14. The van der Waals surface area contributed by atoms with E-state index in [9.17, 15) is 18.0 Å². The molecule has 26 heavy (non-hydrogen) atoms. The monoisotopic (exact) mass is 371 g/mol. The number of hydrogen-bond acceptors (Lipinski definition) is 4. The molecule has 134 valence electrons. The lowest BCUT2D eigenvalue weighted by molar-refractivity contribution is 0.0961. The van der Waals surface area contributed by atoms with Gasteiger partial charge in [0.05, 0.1) is 11.4 Å². The molecule has 2 aromatic rings. The maximum atomic E-state index is 12.3. The van der Waals surface area contributed by atoms with Gasteiger partial charge in [0.1, 0.15) is 0 Å². The SMILES string of the molecule is C#CCNS(=O)(=O)c1ccc(C(=O)Nc2cccc(C(=O)NC)c2)cc1. The third-order valence-corrected chi connectivity index (χ3v) is 4.82. The number of hydrogen-bond donors (Lipinski definition) is 3. The van der Waals surface area contributed by atoms with E-state index in [1.807, 2.05) is 0 Å². The van der Waals surface area contributed by atoms with Crippen molar-refractivity contribution in [3.63, 3.8) is 0 Å². The summed E-state index contributed by atoms with van der Waals surface area (Å²) in [7, 11) is -2.19. The molecule has 0 atom stereocenters. The van der Waals surface area contributed by atoms with Gasteiger partial charge in [-0.1, -0.05) is 12.0 Å². The molecule has 0 aliphatic carbocycles. The van der Waals surface area contributed by atoms with Crippen LogP contribution in [0.1, 0.15) is 20.7 Å². The van der Waals surface area contributed by atoms with Gasteiger partial charge in [-0.3, -0.25) is 9.59 Å². The molecule has 0 radical (unpaired) electrons. The molecule has 3 N–H and O–H groups in total. The van der Waals surface area contributed by atoms with Crippen LogP contribution >= 0.6 is 0 Å². The molecular weight excluding hydrogens is 354 g/mol. The van der Waals surface area contributed by atoms with Gasteiger partial charge >= 0.3 is 0 Å². The lowest BCUT2D eigenvalue weighted by Crippen LogP contribution is -2.24. The first-order valence-corrected chi connectivity index (χ1v) is 9.02. The Morgan fingerprint density at radius 1 is 1.04 bits per heavy atom. The molecule has 0 saturated carbocycles. The van der Waals surface area contributed by atoms with E-state index >= 15 is 0 Å². The second kappa shape index (κ2) is 8.29. The zero-order valence-electron chi connectivity index (χ0n) is 13.9. The van der Waals surface area contributed by atoms with Crippen molar-refractivity contribution in [1.82, 2.24) is 10.0 Å². The number of terminal acetylenes is 1. The zero-order valence-corrected chi connectivity index (χ0v) is 14.8. The number of carbonyl (C=O) groups excluding carboxylic acids is 2. The highest BCUT2D eigenvalue weighted by Crippen LogP contribution is 2.14. The second-order valence-corrected chi connectivity index (χ2v) is 6.93. The Bertz CT molecular complexity index is 961. The van der Waals surface area contributed by atoms with Gasteiger partial charge in [-0.15, -0.1) is 6.42 Å². The van der Waals surface area contributed by atoms with E-state index in [0.717, 1.165) is 0 Å². The topological polar surface area (TPSA) is 104 Å². The molecule has 2 rings (SSSR count). The summed E-state index contributed by atoms with van der Waals surface area (Å²) in [5.74, 6) is 1.48. The van der Waals surface area contributed by atoms with Gasteiger partial charge in [0.25, 0.3) is 11.8 Å². The van der Waals surface area contributed by atoms with Gasteiger partial charge in [0, 0.05) is 23.9 Å². The van der Waals surface area contributed by atoms with E-state index in [1.165, 1.54) is 31.3 Å². The number of anilines is 1. The van der Waals surface area contributed by atoms with Crippen LogP contribution in [0.2, 0.25) is 0 Å². The summed E-state index contributed by atoms with van der Waals surface area (Å²) in [6, 6.07) is 11.9. The number of carbonyl (C=O) groups is 2. The van der Waals surface area contributed by atoms with Crippen LogP contribution in [0, 0.1) is 12.3 Å². The van der Waals surface area contributed by atoms with Crippen LogP contribution in [0.3, 0.4) is 0 Å². The van der Waals surface area contributed by atoms with E-state index in [1.54, 1.807) is 24.3 Å². The van der Waals surface area contributed by atoms with Crippen molar-refractivity contribution in [2.75, 3.05) is 18.9 Å². The quantitative estimate of drug-likeness (QED) is 0.664. The van der Waals surface area contributed by atoms with E-state index < -0.39 is 15.9 Å². The van der Waals surface area contributed by atoms with Gasteiger partial charge in [-0.2, -0.15) is 4.72 Å². The van der Waals surface area contributed by atoms with Gasteiger partial charge in [0.2, 0.25) is 10.0 Å². The summed E-state index contributed by atoms with van der Waals surface area (Å²) in [6.45, 7) is -0.119. The molecule has 2 aromatic carbocycles. The van der Waals surface area contributed by atoms with Crippen LogP contribution < -0.4 is 15.4 Å². The standard InChI is InChI=1S/C18H17N3O4S/c1-3-11-20-26(24,25)16-9-7-13(8-10-16)18(23)21-15-6-4-5-14(12-15)17(22)19-2/h1,4-10,12,20H,11H2,2H3,(H,19,22)(H,21,23). The fraction of sp³-hybridized carbons (Fsp3) is 0.111. The molecule has 0 unspecified atom stereocenters. The first-order valence-electron chi connectivity index (χ1n) is 7.54. The highest BCUT2D eigenvalue weighted by molar-refractivity contribution is 7.89. The molecule has 0 fully saturated rings. The van der Waals surface area contributed by atoms with Crippen molar-refractivity contribution in [3.8, 4) is 12.3 Å². The Hall–Kier alpha value is -3.15. The van der Waals surface area contributed by atoms with E-state index in [0.29, 0.717) is 11.3 Å². The number of benzene rings is 2. The van der Waals surface area contributed by atoms with Gasteiger partial charge < -0.3 is 10.6 Å². The van der Waals surface area contributed by atoms with E-state index in [-0.39, 0.29) is 22.9 Å². The summed E-state index contributed by atoms with van der Waals surface area (Å²) >= 11 is 0.